The average molecular weight is 393 g/mol. The molecule has 3 rings (SSSR count). The van der Waals surface area contributed by atoms with Gasteiger partial charge in [0.25, 0.3) is 5.69 Å². The Morgan fingerprint density at radius 2 is 1.96 bits per heavy atom. The second-order valence-electron chi connectivity index (χ2n) is 5.61. The van der Waals surface area contributed by atoms with E-state index >= 15 is 0 Å². The van der Waals surface area contributed by atoms with Crippen LogP contribution < -0.4 is 4.74 Å². The lowest BCUT2D eigenvalue weighted by Gasteiger charge is -2.09. The van der Waals surface area contributed by atoms with Gasteiger partial charge in [0.1, 0.15) is 5.75 Å². The summed E-state index contributed by atoms with van der Waals surface area (Å²) in [5.41, 5.74) is 1.47. The molecule has 140 valence electrons. The lowest BCUT2D eigenvalue weighted by atomic mass is 10.2. The first kappa shape index (κ1) is 19.1. The van der Waals surface area contributed by atoms with Gasteiger partial charge in [-0.05, 0) is 41.6 Å². The van der Waals surface area contributed by atoms with Crippen LogP contribution in [0.2, 0.25) is 0 Å². The first-order valence-corrected chi connectivity index (χ1v) is 8.92. The lowest BCUT2D eigenvalue weighted by molar-refractivity contribution is -0.384. The lowest BCUT2D eigenvalue weighted by Crippen LogP contribution is -1.97. The van der Waals surface area contributed by atoms with Crippen LogP contribution in [0.15, 0.2) is 59.8 Å². The molecule has 0 aliphatic heterocycles. The minimum Gasteiger partial charge on any atom is -0.496 e. The Morgan fingerprint density at radius 1 is 1.25 bits per heavy atom. The Morgan fingerprint density at radius 3 is 2.61 bits per heavy atom. The van der Waals surface area contributed by atoms with E-state index in [1.165, 1.54) is 30.0 Å². The number of hydrogen-bond acceptors (Lipinski definition) is 7. The van der Waals surface area contributed by atoms with Gasteiger partial charge in [-0.15, -0.1) is 10.2 Å². The maximum Gasteiger partial charge on any atom is 0.269 e. The van der Waals surface area contributed by atoms with E-state index in [2.05, 4.69) is 10.2 Å². The highest BCUT2D eigenvalue weighted by Crippen LogP contribution is 2.36. The van der Waals surface area contributed by atoms with Crippen molar-refractivity contribution < 1.29 is 9.66 Å². The number of allylic oxidation sites excluding steroid dienone is 1. The number of nitro benzene ring substituents is 1. The van der Waals surface area contributed by atoms with Crippen LogP contribution in [0.1, 0.15) is 5.56 Å². The number of aromatic nitrogens is 3. The predicted molar refractivity (Wildman–Crippen MR) is 106 cm³/mol. The molecule has 3 aromatic rings. The molecule has 0 fully saturated rings. The normalized spacial score (nSPS) is 11.1. The topological polar surface area (TPSA) is 107 Å². The summed E-state index contributed by atoms with van der Waals surface area (Å²) in [5.74, 6) is 1.30. The van der Waals surface area contributed by atoms with Crippen LogP contribution >= 0.6 is 11.8 Å². The minimum atomic E-state index is -0.465. The molecule has 0 unspecified atom stereocenters. The molecule has 9 heteroatoms. The zero-order chi connectivity index (χ0) is 20.1. The molecule has 1 aromatic heterocycles. The summed E-state index contributed by atoms with van der Waals surface area (Å²) >= 11 is 1.25. The van der Waals surface area contributed by atoms with Crippen molar-refractivity contribution in [2.45, 2.75) is 5.16 Å². The maximum atomic E-state index is 10.8. The Kier molecular flexibility index (Phi) is 5.72. The van der Waals surface area contributed by atoms with Gasteiger partial charge in [0, 0.05) is 30.2 Å². The molecule has 0 radical (unpaired) electrons. The van der Waals surface area contributed by atoms with Gasteiger partial charge in [-0.25, -0.2) is 0 Å². The van der Waals surface area contributed by atoms with Gasteiger partial charge in [0.05, 0.1) is 23.7 Å². The molecule has 0 saturated carbocycles. The highest BCUT2D eigenvalue weighted by atomic mass is 32.2. The first-order valence-electron chi connectivity index (χ1n) is 8.10. The van der Waals surface area contributed by atoms with Crippen molar-refractivity contribution in [1.29, 1.82) is 5.26 Å². The van der Waals surface area contributed by atoms with Crippen molar-refractivity contribution in [3.05, 3.63) is 70.3 Å². The molecule has 28 heavy (non-hydrogen) atoms. The number of nitriles is 1. The summed E-state index contributed by atoms with van der Waals surface area (Å²) in [6.45, 7) is 0. The van der Waals surface area contributed by atoms with Gasteiger partial charge in [-0.1, -0.05) is 12.1 Å². The number of benzene rings is 2. The number of methoxy groups -OCH3 is 1. The van der Waals surface area contributed by atoms with Crippen molar-refractivity contribution >= 4 is 22.4 Å². The van der Waals surface area contributed by atoms with Gasteiger partial charge in [-0.3, -0.25) is 10.1 Å². The van der Waals surface area contributed by atoms with Crippen LogP contribution in [-0.4, -0.2) is 26.8 Å². The van der Waals surface area contributed by atoms with Crippen molar-refractivity contribution in [1.82, 2.24) is 14.8 Å². The van der Waals surface area contributed by atoms with Crippen LogP contribution in [0.4, 0.5) is 5.69 Å². The Labute approximate surface area is 165 Å². The number of hydrogen-bond donors (Lipinski definition) is 0. The average Bonchev–Trinajstić information content (AvgIpc) is 3.07. The SMILES string of the molecule is COc1ccccc1-c1nnc(S/C(=C\C#N)c2ccc([N+](=O)[O-])cc2)n1C. The molecule has 0 amide bonds. The monoisotopic (exact) mass is 393 g/mol. The zero-order valence-corrected chi connectivity index (χ0v) is 15.9. The van der Waals surface area contributed by atoms with E-state index in [4.69, 9.17) is 10.00 Å². The van der Waals surface area contributed by atoms with E-state index < -0.39 is 4.92 Å². The molecule has 0 aliphatic carbocycles. The molecule has 0 N–H and O–H groups in total. The zero-order valence-electron chi connectivity index (χ0n) is 15.1. The number of ether oxygens (including phenoxy) is 1. The second-order valence-corrected chi connectivity index (χ2v) is 6.62. The number of para-hydroxylation sites is 1. The van der Waals surface area contributed by atoms with Crippen LogP contribution in [0.25, 0.3) is 16.3 Å². The third-order valence-corrected chi connectivity index (χ3v) is 5.05. The summed E-state index contributed by atoms with van der Waals surface area (Å²) in [4.78, 5) is 11.0. The smallest absolute Gasteiger partial charge is 0.269 e. The fraction of sp³-hybridized carbons (Fsp3) is 0.105. The van der Waals surface area contributed by atoms with Crippen molar-refractivity contribution in [3.63, 3.8) is 0 Å². The van der Waals surface area contributed by atoms with E-state index in [9.17, 15) is 10.1 Å². The predicted octanol–water partition coefficient (Wildman–Crippen LogP) is 4.06. The van der Waals surface area contributed by atoms with E-state index in [-0.39, 0.29) is 5.69 Å². The largest absolute Gasteiger partial charge is 0.496 e. The van der Waals surface area contributed by atoms with E-state index in [0.29, 0.717) is 27.2 Å². The van der Waals surface area contributed by atoms with E-state index in [1.54, 1.807) is 23.8 Å². The molecule has 0 spiro atoms. The number of rotatable bonds is 6. The maximum absolute atomic E-state index is 10.8. The third-order valence-electron chi connectivity index (χ3n) is 3.94. The van der Waals surface area contributed by atoms with Gasteiger partial charge in [0.2, 0.25) is 0 Å². The minimum absolute atomic E-state index is 0.0119. The van der Waals surface area contributed by atoms with Gasteiger partial charge >= 0.3 is 0 Å². The van der Waals surface area contributed by atoms with Gasteiger partial charge in [0.15, 0.2) is 11.0 Å². The molecule has 1 heterocycles. The van der Waals surface area contributed by atoms with Gasteiger partial charge in [-0.2, -0.15) is 5.26 Å². The quantitative estimate of drug-likeness (QED) is 0.269. The Balaban J connectivity index is 1.93. The summed E-state index contributed by atoms with van der Waals surface area (Å²) in [6, 6.07) is 15.5. The Hall–Kier alpha value is -3.64. The van der Waals surface area contributed by atoms with Crippen LogP contribution in [0, 0.1) is 21.4 Å². The fourth-order valence-corrected chi connectivity index (χ4v) is 3.41. The summed E-state index contributed by atoms with van der Waals surface area (Å²) < 4.78 is 7.19. The van der Waals surface area contributed by atoms with E-state index in [1.807, 2.05) is 37.4 Å². The van der Waals surface area contributed by atoms with Crippen molar-refractivity contribution in [3.8, 4) is 23.2 Å². The summed E-state index contributed by atoms with van der Waals surface area (Å²) in [7, 11) is 3.41. The molecule has 0 aliphatic rings. The van der Waals surface area contributed by atoms with Gasteiger partial charge < -0.3 is 9.30 Å². The number of thioether (sulfide) groups is 1. The van der Waals surface area contributed by atoms with Crippen molar-refractivity contribution in [2.24, 2.45) is 7.05 Å². The molecule has 0 bridgehead atoms. The second kappa shape index (κ2) is 8.37. The fourth-order valence-electron chi connectivity index (χ4n) is 2.54. The Bertz CT molecular complexity index is 1080. The molecule has 0 saturated heterocycles. The first-order chi connectivity index (χ1) is 13.5. The third kappa shape index (κ3) is 3.87. The van der Waals surface area contributed by atoms with Crippen molar-refractivity contribution in [2.75, 3.05) is 7.11 Å². The molecular formula is C19H15N5O3S. The summed E-state index contributed by atoms with van der Waals surface area (Å²) in [5, 5.41) is 29.0. The molecule has 8 nitrogen and oxygen atoms in total. The number of non-ortho nitro benzene ring substituents is 1. The molecular weight excluding hydrogens is 378 g/mol. The number of nitro groups is 1. The van der Waals surface area contributed by atoms with Crippen LogP contribution in [-0.2, 0) is 7.05 Å². The number of nitrogens with zero attached hydrogens (tertiary/aromatic N) is 5. The molecule has 2 aromatic carbocycles. The summed E-state index contributed by atoms with van der Waals surface area (Å²) in [6.07, 6.45) is 1.38. The highest BCUT2D eigenvalue weighted by Gasteiger charge is 2.17. The van der Waals surface area contributed by atoms with Crippen LogP contribution in [0.3, 0.4) is 0 Å². The van der Waals surface area contributed by atoms with E-state index in [0.717, 1.165) is 5.56 Å². The molecule has 0 atom stereocenters. The standard InChI is InChI=1S/C19H15N5O3S/c1-23-18(15-5-3-4-6-16(15)27-2)21-22-19(23)28-17(11-12-20)13-7-9-14(10-8-13)24(25)26/h3-11H,1-2H3/b17-11-. The van der Waals surface area contributed by atoms with Crippen LogP contribution in [0.5, 0.6) is 5.75 Å². The highest BCUT2D eigenvalue weighted by molar-refractivity contribution is 8.08.